The van der Waals surface area contributed by atoms with Gasteiger partial charge in [0.15, 0.2) is 0 Å². The molecule has 3 heterocycles. The molecule has 0 N–H and O–H groups in total. The van der Waals surface area contributed by atoms with Gasteiger partial charge in [-0.3, -0.25) is 14.4 Å². The second kappa shape index (κ2) is 4.76. The number of imide groups is 1. The summed E-state index contributed by atoms with van der Waals surface area (Å²) in [6.45, 7) is 1.25. The number of nitrogens with zero attached hydrogens (tertiary/aromatic N) is 1. The molecule has 0 spiro atoms. The number of carbonyl (C=O) groups is 3. The normalized spacial score (nSPS) is 34.1. The van der Waals surface area contributed by atoms with Crippen LogP contribution in [0.15, 0.2) is 42.5 Å². The van der Waals surface area contributed by atoms with Crippen molar-refractivity contribution in [2.75, 3.05) is 11.5 Å². The maximum absolute atomic E-state index is 12.9. The Balaban J connectivity index is 1.70. The predicted molar refractivity (Wildman–Crippen MR) is 79.3 cm³/mol. The van der Waals surface area contributed by atoms with Gasteiger partial charge in [-0.15, -0.1) is 0 Å². The number of carbonyl (C=O) groups excluding carboxylic acids is 3. The summed E-state index contributed by atoms with van der Waals surface area (Å²) in [4.78, 5) is 38.0. The summed E-state index contributed by atoms with van der Waals surface area (Å²) in [5, 5.41) is 0. The van der Waals surface area contributed by atoms with Crippen molar-refractivity contribution in [2.24, 2.45) is 11.8 Å². The molecule has 118 valence electrons. The van der Waals surface area contributed by atoms with E-state index in [1.54, 1.807) is 36.4 Å². The van der Waals surface area contributed by atoms with Crippen LogP contribution in [0, 0.1) is 11.8 Å². The molecule has 3 aliphatic rings. The topological polar surface area (TPSA) is 72.9 Å². The fraction of sp³-hybridized carbons (Fsp3) is 0.353. The van der Waals surface area contributed by atoms with Gasteiger partial charge in [0.05, 0.1) is 23.6 Å². The number of ether oxygens (including phenoxy) is 2. The Morgan fingerprint density at radius 2 is 2.00 bits per heavy atom. The van der Waals surface area contributed by atoms with Crippen molar-refractivity contribution >= 4 is 23.5 Å². The van der Waals surface area contributed by atoms with Crippen molar-refractivity contribution < 1.29 is 23.9 Å². The molecular weight excluding hydrogens is 298 g/mol. The number of anilines is 1. The van der Waals surface area contributed by atoms with E-state index in [1.807, 2.05) is 6.07 Å². The molecule has 2 fully saturated rings. The summed E-state index contributed by atoms with van der Waals surface area (Å²) < 4.78 is 10.9. The van der Waals surface area contributed by atoms with Gasteiger partial charge in [0, 0.05) is 6.92 Å². The van der Waals surface area contributed by atoms with E-state index in [0.29, 0.717) is 5.69 Å². The third kappa shape index (κ3) is 1.88. The van der Waals surface area contributed by atoms with Crippen LogP contribution in [0.3, 0.4) is 0 Å². The molecule has 0 aromatic heterocycles. The average Bonchev–Trinajstić information content (AvgIpc) is 3.17. The number of fused-ring (bicyclic) bond motifs is 5. The lowest BCUT2D eigenvalue weighted by Gasteiger charge is -2.28. The Labute approximate surface area is 132 Å². The molecule has 1 aromatic rings. The molecule has 1 aromatic carbocycles. The first-order valence-electron chi connectivity index (χ1n) is 7.47. The van der Waals surface area contributed by atoms with E-state index in [0.717, 1.165) is 0 Å². The molecule has 2 amide bonds. The summed E-state index contributed by atoms with van der Waals surface area (Å²) in [6.07, 6.45) is 3.09. The number of esters is 1. The van der Waals surface area contributed by atoms with Crippen LogP contribution in [-0.2, 0) is 23.9 Å². The van der Waals surface area contributed by atoms with E-state index in [9.17, 15) is 14.4 Å². The lowest BCUT2D eigenvalue weighted by Crippen LogP contribution is -2.44. The molecule has 3 aliphatic heterocycles. The van der Waals surface area contributed by atoms with Gasteiger partial charge >= 0.3 is 5.97 Å². The highest BCUT2D eigenvalue weighted by atomic mass is 16.6. The van der Waals surface area contributed by atoms with Gasteiger partial charge < -0.3 is 9.47 Å². The van der Waals surface area contributed by atoms with E-state index in [1.165, 1.54) is 11.8 Å². The Kier molecular flexibility index (Phi) is 2.93. The minimum Gasteiger partial charge on any atom is -0.462 e. The highest BCUT2D eigenvalue weighted by molar-refractivity contribution is 6.23. The number of para-hydroxylation sites is 1. The van der Waals surface area contributed by atoms with E-state index in [-0.39, 0.29) is 18.4 Å². The van der Waals surface area contributed by atoms with Crippen LogP contribution in [0.4, 0.5) is 5.69 Å². The lowest BCUT2D eigenvalue weighted by atomic mass is 9.77. The third-order valence-electron chi connectivity index (χ3n) is 4.67. The van der Waals surface area contributed by atoms with Crippen LogP contribution >= 0.6 is 0 Å². The Bertz CT molecular complexity index is 728. The first-order chi connectivity index (χ1) is 11.0. The second-order valence-electron chi connectivity index (χ2n) is 6.03. The van der Waals surface area contributed by atoms with E-state index < -0.39 is 29.5 Å². The highest BCUT2D eigenvalue weighted by Gasteiger charge is 2.68. The molecule has 4 rings (SSSR count). The van der Waals surface area contributed by atoms with Crippen molar-refractivity contribution in [1.82, 2.24) is 0 Å². The third-order valence-corrected chi connectivity index (χ3v) is 4.67. The molecule has 4 unspecified atom stereocenters. The molecule has 23 heavy (non-hydrogen) atoms. The van der Waals surface area contributed by atoms with Gasteiger partial charge in [-0.1, -0.05) is 24.3 Å². The average molecular weight is 313 g/mol. The van der Waals surface area contributed by atoms with Gasteiger partial charge in [0.2, 0.25) is 11.8 Å². The summed E-state index contributed by atoms with van der Waals surface area (Å²) in [6, 6.07) is 8.84. The molecule has 2 bridgehead atoms. The van der Waals surface area contributed by atoms with Gasteiger partial charge in [-0.05, 0) is 18.2 Å². The van der Waals surface area contributed by atoms with Gasteiger partial charge in [0.25, 0.3) is 0 Å². The first-order valence-corrected chi connectivity index (χ1v) is 7.47. The zero-order valence-corrected chi connectivity index (χ0v) is 12.5. The fourth-order valence-corrected chi connectivity index (χ4v) is 3.71. The minimum absolute atomic E-state index is 0.0574. The van der Waals surface area contributed by atoms with Crippen LogP contribution in [-0.4, -0.2) is 36.1 Å². The highest BCUT2D eigenvalue weighted by Crippen LogP contribution is 2.52. The van der Waals surface area contributed by atoms with E-state index >= 15 is 0 Å². The van der Waals surface area contributed by atoms with Crippen LogP contribution in [0.2, 0.25) is 0 Å². The Morgan fingerprint density at radius 3 is 2.70 bits per heavy atom. The van der Waals surface area contributed by atoms with Gasteiger partial charge in [0.1, 0.15) is 12.2 Å². The molecule has 0 saturated carbocycles. The molecule has 6 nitrogen and oxygen atoms in total. The molecule has 6 heteroatoms. The maximum atomic E-state index is 12.9. The second-order valence-corrected chi connectivity index (χ2v) is 6.03. The first kappa shape index (κ1) is 14.1. The summed E-state index contributed by atoms with van der Waals surface area (Å²) in [5.41, 5.74) is -0.476. The summed E-state index contributed by atoms with van der Waals surface area (Å²) >= 11 is 0. The quantitative estimate of drug-likeness (QED) is 0.474. The number of hydrogen-bond acceptors (Lipinski definition) is 5. The summed E-state index contributed by atoms with van der Waals surface area (Å²) in [7, 11) is 0. The van der Waals surface area contributed by atoms with Crippen molar-refractivity contribution in [3.8, 4) is 0 Å². The Hall–Kier alpha value is -2.47. The van der Waals surface area contributed by atoms with Crippen LogP contribution in [0.25, 0.3) is 0 Å². The van der Waals surface area contributed by atoms with Crippen molar-refractivity contribution in [3.05, 3.63) is 42.5 Å². The van der Waals surface area contributed by atoms with Crippen LogP contribution in [0.5, 0.6) is 0 Å². The van der Waals surface area contributed by atoms with Gasteiger partial charge in [-0.25, -0.2) is 4.90 Å². The standard InChI is InChI=1S/C17H15NO5/c1-10(19)22-9-17-8-7-12(23-17)13-14(17)16(21)18(15(13)20)11-5-3-2-4-6-11/h2-8,12-14H,9H2,1H3. The molecular formula is C17H15NO5. The summed E-state index contributed by atoms with van der Waals surface area (Å²) in [5.74, 6) is -2.21. The SMILES string of the molecule is CC(=O)OCC12C=CC(O1)C1C(=O)N(c3ccccc3)C(=O)C12. The fourth-order valence-electron chi connectivity index (χ4n) is 3.71. The maximum Gasteiger partial charge on any atom is 0.302 e. The number of amides is 2. The largest absolute Gasteiger partial charge is 0.462 e. The number of benzene rings is 1. The minimum atomic E-state index is -1.03. The van der Waals surface area contributed by atoms with Crippen molar-refractivity contribution in [2.45, 2.75) is 18.6 Å². The zero-order chi connectivity index (χ0) is 16.2. The molecule has 4 atom stereocenters. The molecule has 2 saturated heterocycles. The smallest absolute Gasteiger partial charge is 0.302 e. The molecule has 0 aliphatic carbocycles. The van der Waals surface area contributed by atoms with E-state index in [2.05, 4.69) is 0 Å². The van der Waals surface area contributed by atoms with Crippen LogP contribution < -0.4 is 4.90 Å². The zero-order valence-electron chi connectivity index (χ0n) is 12.5. The lowest BCUT2D eigenvalue weighted by molar-refractivity contribution is -0.150. The monoisotopic (exact) mass is 313 g/mol. The predicted octanol–water partition coefficient (Wildman–Crippen LogP) is 1.06. The van der Waals surface area contributed by atoms with Crippen molar-refractivity contribution in [1.29, 1.82) is 0 Å². The number of hydrogen-bond donors (Lipinski definition) is 0. The van der Waals surface area contributed by atoms with E-state index in [4.69, 9.17) is 9.47 Å². The van der Waals surface area contributed by atoms with Crippen molar-refractivity contribution in [3.63, 3.8) is 0 Å². The molecule has 0 radical (unpaired) electrons. The Morgan fingerprint density at radius 1 is 1.26 bits per heavy atom. The van der Waals surface area contributed by atoms with Gasteiger partial charge in [-0.2, -0.15) is 0 Å². The van der Waals surface area contributed by atoms with Crippen LogP contribution in [0.1, 0.15) is 6.92 Å². The number of rotatable bonds is 3.